The van der Waals surface area contributed by atoms with Gasteiger partial charge in [-0.15, -0.1) is 11.8 Å². The molecular formula is C18H20N2O3S2. The van der Waals surface area contributed by atoms with E-state index in [1.165, 1.54) is 18.9 Å². The summed E-state index contributed by atoms with van der Waals surface area (Å²) in [6, 6.07) is 9.43. The molecule has 1 aromatic carbocycles. The number of rotatable bonds is 5. The second-order valence-corrected chi connectivity index (χ2v) is 8.44. The van der Waals surface area contributed by atoms with Crippen LogP contribution >= 0.6 is 23.5 Å². The number of para-hydroxylation sites is 1. The summed E-state index contributed by atoms with van der Waals surface area (Å²) < 4.78 is 6.49. The quantitative estimate of drug-likeness (QED) is 0.453. The highest BCUT2D eigenvalue weighted by Gasteiger charge is 2.29. The Balaban J connectivity index is 2.13. The summed E-state index contributed by atoms with van der Waals surface area (Å²) in [6.45, 7) is 4.01. The summed E-state index contributed by atoms with van der Waals surface area (Å²) in [5.41, 5.74) is 1.52. The predicted octanol–water partition coefficient (Wildman–Crippen LogP) is 3.31. The lowest BCUT2D eigenvalue weighted by atomic mass is 10.2. The third kappa shape index (κ3) is 3.62. The number of thioether (sulfide) groups is 2. The molecule has 5 nitrogen and oxygen atoms in total. The number of nitrogens with zero attached hydrogens (tertiary/aromatic N) is 2. The van der Waals surface area contributed by atoms with E-state index < -0.39 is 5.25 Å². The van der Waals surface area contributed by atoms with Crippen LogP contribution in [0, 0.1) is 0 Å². The molecule has 0 radical (unpaired) electrons. The second kappa shape index (κ2) is 7.66. The average Bonchev–Trinajstić information content (AvgIpc) is 3.00. The highest BCUT2D eigenvalue weighted by Crippen LogP contribution is 2.35. The Kier molecular flexibility index (Phi) is 5.54. The highest BCUT2D eigenvalue weighted by molar-refractivity contribution is 8.00. The number of hydrogen-bond donors (Lipinski definition) is 0. The van der Waals surface area contributed by atoms with Gasteiger partial charge in [-0.05, 0) is 18.6 Å². The van der Waals surface area contributed by atoms with Gasteiger partial charge in [0.1, 0.15) is 5.25 Å². The van der Waals surface area contributed by atoms with Crippen LogP contribution in [0.5, 0.6) is 0 Å². The molecule has 2 aromatic rings. The number of methoxy groups -OCH3 is 1. The van der Waals surface area contributed by atoms with E-state index in [4.69, 9.17) is 9.72 Å². The monoisotopic (exact) mass is 376 g/mol. The molecule has 2 atom stereocenters. The molecule has 0 unspecified atom stereocenters. The molecule has 2 heterocycles. The number of benzene rings is 1. The van der Waals surface area contributed by atoms with E-state index in [2.05, 4.69) is 6.92 Å². The number of esters is 1. The van der Waals surface area contributed by atoms with Gasteiger partial charge in [0.05, 0.1) is 23.4 Å². The smallest absolute Gasteiger partial charge is 0.319 e. The van der Waals surface area contributed by atoms with Crippen molar-refractivity contribution in [2.75, 3.05) is 7.11 Å². The minimum Gasteiger partial charge on any atom is -0.468 e. The van der Waals surface area contributed by atoms with Gasteiger partial charge in [-0.2, -0.15) is 0 Å². The lowest BCUT2D eigenvalue weighted by Crippen LogP contribution is -2.26. The molecule has 7 heteroatoms. The topological polar surface area (TPSA) is 61.2 Å². The summed E-state index contributed by atoms with van der Waals surface area (Å²) in [4.78, 5) is 30.6. The van der Waals surface area contributed by atoms with Gasteiger partial charge in [0, 0.05) is 11.7 Å². The van der Waals surface area contributed by atoms with Crippen molar-refractivity contribution in [3.8, 4) is 5.69 Å². The molecule has 0 amide bonds. The van der Waals surface area contributed by atoms with Crippen LogP contribution in [0.25, 0.3) is 5.69 Å². The summed E-state index contributed by atoms with van der Waals surface area (Å²) >= 11 is 2.87. The number of ether oxygens (including phenoxy) is 1. The van der Waals surface area contributed by atoms with E-state index in [1.807, 2.05) is 37.3 Å². The zero-order chi connectivity index (χ0) is 18.0. The van der Waals surface area contributed by atoms with Crippen LogP contribution in [-0.4, -0.2) is 33.1 Å². The second-order valence-electron chi connectivity index (χ2n) is 5.82. The maximum Gasteiger partial charge on any atom is 0.319 e. The first-order valence-corrected chi connectivity index (χ1v) is 9.93. The van der Waals surface area contributed by atoms with E-state index in [0.29, 0.717) is 21.7 Å². The summed E-state index contributed by atoms with van der Waals surface area (Å²) in [7, 11) is 1.38. The predicted molar refractivity (Wildman–Crippen MR) is 101 cm³/mol. The number of fused-ring (bicyclic) bond motifs is 1. The Labute approximate surface area is 155 Å². The molecule has 1 aromatic heterocycles. The van der Waals surface area contributed by atoms with Gasteiger partial charge in [-0.1, -0.05) is 43.8 Å². The number of hydrogen-bond acceptors (Lipinski definition) is 6. The molecule has 0 aliphatic carbocycles. The van der Waals surface area contributed by atoms with Gasteiger partial charge >= 0.3 is 5.97 Å². The zero-order valence-electron chi connectivity index (χ0n) is 14.4. The zero-order valence-corrected chi connectivity index (χ0v) is 16.0. The van der Waals surface area contributed by atoms with Crippen LogP contribution in [0.15, 0.2) is 45.2 Å². The number of carbonyl (C=O) groups excluding carboxylic acids is 1. The van der Waals surface area contributed by atoms with Gasteiger partial charge in [0.2, 0.25) is 0 Å². The van der Waals surface area contributed by atoms with Crippen molar-refractivity contribution in [1.29, 1.82) is 0 Å². The number of aromatic nitrogens is 2. The van der Waals surface area contributed by atoms with Crippen LogP contribution in [0.2, 0.25) is 0 Å². The van der Waals surface area contributed by atoms with Gasteiger partial charge in [0.15, 0.2) is 5.16 Å². The van der Waals surface area contributed by atoms with Gasteiger partial charge in [0.25, 0.3) is 5.56 Å². The fourth-order valence-electron chi connectivity index (χ4n) is 2.74. The van der Waals surface area contributed by atoms with Gasteiger partial charge in [-0.25, -0.2) is 4.98 Å². The van der Waals surface area contributed by atoms with Crippen LogP contribution in [0.1, 0.15) is 26.0 Å². The lowest BCUT2D eigenvalue weighted by molar-refractivity contribution is -0.140. The molecule has 0 fully saturated rings. The lowest BCUT2D eigenvalue weighted by Gasteiger charge is -2.17. The Morgan fingerprint density at radius 2 is 2.16 bits per heavy atom. The third-order valence-corrected chi connectivity index (χ3v) is 6.49. The highest BCUT2D eigenvalue weighted by atomic mass is 32.2. The Morgan fingerprint density at radius 1 is 1.44 bits per heavy atom. The Morgan fingerprint density at radius 3 is 2.80 bits per heavy atom. The van der Waals surface area contributed by atoms with E-state index >= 15 is 0 Å². The van der Waals surface area contributed by atoms with Crippen molar-refractivity contribution in [1.82, 2.24) is 9.55 Å². The molecule has 0 spiro atoms. The normalized spacial score (nSPS) is 17.2. The standard InChI is InChI=1S/C18H20N2O3S2/c1-4-14(17(22)23-3)25-18-19-13-10-11(2)24-15(13)16(21)20(18)12-8-6-5-7-9-12/h5-9,11,14H,4,10H2,1-3H3/t11-,14+/m1/s1. The van der Waals surface area contributed by atoms with Crippen molar-refractivity contribution in [3.63, 3.8) is 0 Å². The maximum atomic E-state index is 13.1. The van der Waals surface area contributed by atoms with E-state index in [-0.39, 0.29) is 11.5 Å². The summed E-state index contributed by atoms with van der Waals surface area (Å²) in [5, 5.41) is 0.487. The minimum atomic E-state index is -0.392. The Bertz CT molecular complexity index is 836. The molecule has 1 aliphatic rings. The first-order chi connectivity index (χ1) is 12.0. The fourth-order valence-corrected chi connectivity index (χ4v) is 4.91. The Hall–Kier alpha value is -1.73. The summed E-state index contributed by atoms with van der Waals surface area (Å²) in [5.74, 6) is -0.301. The molecular weight excluding hydrogens is 356 g/mol. The molecule has 132 valence electrons. The molecule has 0 N–H and O–H groups in total. The van der Waals surface area contributed by atoms with Crippen molar-refractivity contribution in [2.45, 2.75) is 47.2 Å². The first-order valence-electron chi connectivity index (χ1n) is 8.17. The van der Waals surface area contributed by atoms with Crippen LogP contribution in [0.4, 0.5) is 0 Å². The van der Waals surface area contributed by atoms with Gasteiger partial charge in [-0.3, -0.25) is 14.2 Å². The van der Waals surface area contributed by atoms with Crippen molar-refractivity contribution in [3.05, 3.63) is 46.4 Å². The average molecular weight is 377 g/mol. The number of carbonyl (C=O) groups is 1. The van der Waals surface area contributed by atoms with Crippen molar-refractivity contribution in [2.24, 2.45) is 0 Å². The molecule has 0 saturated heterocycles. The van der Waals surface area contributed by atoms with Crippen LogP contribution in [-0.2, 0) is 16.0 Å². The van der Waals surface area contributed by atoms with E-state index in [9.17, 15) is 9.59 Å². The molecule has 25 heavy (non-hydrogen) atoms. The van der Waals surface area contributed by atoms with Crippen molar-refractivity contribution < 1.29 is 9.53 Å². The SMILES string of the molecule is CC[C@H](Sc1nc2c(c(=O)n1-c1ccccc1)S[C@H](C)C2)C(=O)OC. The molecule has 1 aliphatic heterocycles. The van der Waals surface area contributed by atoms with E-state index in [1.54, 1.807) is 16.3 Å². The molecule has 3 rings (SSSR count). The molecule has 0 bridgehead atoms. The minimum absolute atomic E-state index is 0.0623. The molecule has 0 saturated carbocycles. The van der Waals surface area contributed by atoms with Crippen LogP contribution < -0.4 is 5.56 Å². The fraction of sp³-hybridized carbons (Fsp3) is 0.389. The van der Waals surface area contributed by atoms with E-state index in [0.717, 1.165) is 17.8 Å². The largest absolute Gasteiger partial charge is 0.468 e. The summed E-state index contributed by atoms with van der Waals surface area (Å²) in [6.07, 6.45) is 1.37. The third-order valence-electron chi connectivity index (χ3n) is 3.98. The van der Waals surface area contributed by atoms with Gasteiger partial charge < -0.3 is 4.74 Å². The van der Waals surface area contributed by atoms with Crippen molar-refractivity contribution >= 4 is 29.5 Å². The van der Waals surface area contributed by atoms with Crippen LogP contribution in [0.3, 0.4) is 0 Å². The maximum absolute atomic E-state index is 13.1. The first kappa shape index (κ1) is 18.1.